The molecule has 2 heterocycles. The fourth-order valence-electron chi connectivity index (χ4n) is 2.96. The summed E-state index contributed by atoms with van der Waals surface area (Å²) in [6.07, 6.45) is 0. The van der Waals surface area contributed by atoms with Crippen LogP contribution in [0.25, 0.3) is 11.0 Å². The summed E-state index contributed by atoms with van der Waals surface area (Å²) in [6.45, 7) is 3.64. The standard InChI is InChI=1S/C14H20N4O3S/c1-10-9-15-6-7-18(10)22(20,21)11-4-5-12-13(8-11)17(3)14(19)16(12)2/h4-5,8,10,15H,6-7,9H2,1-3H3. The van der Waals surface area contributed by atoms with Crippen LogP contribution in [0.3, 0.4) is 0 Å². The molecule has 1 unspecified atom stereocenters. The summed E-state index contributed by atoms with van der Waals surface area (Å²) >= 11 is 0. The quantitative estimate of drug-likeness (QED) is 0.834. The first-order valence-corrected chi connectivity index (χ1v) is 8.66. The highest BCUT2D eigenvalue weighted by Gasteiger charge is 2.31. The fraction of sp³-hybridized carbons (Fsp3) is 0.500. The first-order valence-electron chi connectivity index (χ1n) is 7.22. The lowest BCUT2D eigenvalue weighted by Crippen LogP contribution is -2.52. The Morgan fingerprint density at radius 3 is 2.55 bits per heavy atom. The molecule has 120 valence electrons. The van der Waals surface area contributed by atoms with E-state index in [9.17, 15) is 13.2 Å². The fourth-order valence-corrected chi connectivity index (χ4v) is 4.61. The van der Waals surface area contributed by atoms with Crippen molar-refractivity contribution >= 4 is 21.1 Å². The summed E-state index contributed by atoms with van der Waals surface area (Å²) in [5, 5.41) is 3.18. The Kier molecular flexibility index (Phi) is 3.62. The van der Waals surface area contributed by atoms with Crippen molar-refractivity contribution < 1.29 is 8.42 Å². The average Bonchev–Trinajstić information content (AvgIpc) is 2.72. The number of hydrogen-bond acceptors (Lipinski definition) is 4. The second-order valence-corrected chi connectivity index (χ2v) is 7.61. The van der Waals surface area contributed by atoms with Gasteiger partial charge in [-0.3, -0.25) is 9.13 Å². The molecule has 0 spiro atoms. The Morgan fingerprint density at radius 1 is 1.18 bits per heavy atom. The van der Waals surface area contributed by atoms with Gasteiger partial charge < -0.3 is 5.32 Å². The second-order valence-electron chi connectivity index (χ2n) is 5.72. The summed E-state index contributed by atoms with van der Waals surface area (Å²) in [5.74, 6) is 0. The van der Waals surface area contributed by atoms with Gasteiger partial charge in [-0.1, -0.05) is 0 Å². The van der Waals surface area contributed by atoms with Gasteiger partial charge in [0, 0.05) is 39.8 Å². The summed E-state index contributed by atoms with van der Waals surface area (Å²) in [7, 11) is -0.229. The molecule has 1 aromatic heterocycles. The number of aromatic nitrogens is 2. The maximum absolute atomic E-state index is 12.8. The molecule has 0 saturated carbocycles. The highest BCUT2D eigenvalue weighted by molar-refractivity contribution is 7.89. The maximum Gasteiger partial charge on any atom is 0.328 e. The van der Waals surface area contributed by atoms with Gasteiger partial charge in [-0.2, -0.15) is 4.31 Å². The molecular formula is C14H20N4O3S. The van der Waals surface area contributed by atoms with E-state index in [2.05, 4.69) is 5.32 Å². The number of nitrogens with zero attached hydrogens (tertiary/aromatic N) is 3. The summed E-state index contributed by atoms with van der Waals surface area (Å²) in [5.41, 5.74) is 1.18. The Morgan fingerprint density at radius 2 is 1.86 bits per heavy atom. The molecule has 1 saturated heterocycles. The summed E-state index contributed by atoms with van der Waals surface area (Å²) in [6, 6.07) is 4.76. The minimum Gasteiger partial charge on any atom is -0.314 e. The van der Waals surface area contributed by atoms with Gasteiger partial charge in [-0.05, 0) is 25.1 Å². The van der Waals surface area contributed by atoms with Crippen molar-refractivity contribution in [3.63, 3.8) is 0 Å². The molecule has 22 heavy (non-hydrogen) atoms. The van der Waals surface area contributed by atoms with E-state index in [4.69, 9.17) is 0 Å². The maximum atomic E-state index is 12.8. The third kappa shape index (κ3) is 2.18. The van der Waals surface area contributed by atoms with E-state index >= 15 is 0 Å². The minimum absolute atomic E-state index is 0.0889. The number of piperazine rings is 1. The van der Waals surface area contributed by atoms with Gasteiger partial charge in [-0.15, -0.1) is 0 Å². The van der Waals surface area contributed by atoms with Crippen LogP contribution in [0.15, 0.2) is 27.9 Å². The van der Waals surface area contributed by atoms with Crippen molar-refractivity contribution in [1.82, 2.24) is 18.8 Å². The number of benzene rings is 1. The minimum atomic E-state index is -3.55. The highest BCUT2D eigenvalue weighted by Crippen LogP contribution is 2.23. The third-order valence-corrected chi connectivity index (χ3v) is 6.30. The molecule has 0 aliphatic carbocycles. The van der Waals surface area contributed by atoms with Crippen LogP contribution < -0.4 is 11.0 Å². The van der Waals surface area contributed by atoms with E-state index in [0.717, 1.165) is 5.52 Å². The van der Waals surface area contributed by atoms with Crippen molar-refractivity contribution in [2.45, 2.75) is 17.9 Å². The van der Waals surface area contributed by atoms with Crippen LogP contribution in [-0.4, -0.2) is 47.5 Å². The molecule has 0 radical (unpaired) electrons. The van der Waals surface area contributed by atoms with Gasteiger partial charge >= 0.3 is 5.69 Å². The van der Waals surface area contributed by atoms with E-state index < -0.39 is 10.0 Å². The molecule has 2 aromatic rings. The molecule has 1 N–H and O–H groups in total. The van der Waals surface area contributed by atoms with Crippen molar-refractivity contribution in [3.05, 3.63) is 28.7 Å². The van der Waals surface area contributed by atoms with E-state index in [1.807, 2.05) is 6.92 Å². The van der Waals surface area contributed by atoms with E-state index in [0.29, 0.717) is 25.2 Å². The van der Waals surface area contributed by atoms with Crippen molar-refractivity contribution in [1.29, 1.82) is 0 Å². The zero-order valence-corrected chi connectivity index (χ0v) is 13.7. The second kappa shape index (κ2) is 5.22. The summed E-state index contributed by atoms with van der Waals surface area (Å²) in [4.78, 5) is 12.2. The zero-order valence-electron chi connectivity index (χ0n) is 12.9. The Bertz CT molecular complexity index is 881. The van der Waals surface area contributed by atoms with Crippen LogP contribution in [0.4, 0.5) is 0 Å². The van der Waals surface area contributed by atoms with E-state index in [1.165, 1.54) is 13.4 Å². The normalized spacial score (nSPS) is 20.6. The molecule has 3 rings (SSSR count). The first-order chi connectivity index (χ1) is 10.3. The smallest absolute Gasteiger partial charge is 0.314 e. The van der Waals surface area contributed by atoms with Gasteiger partial charge in [-0.25, -0.2) is 13.2 Å². The van der Waals surface area contributed by atoms with Crippen molar-refractivity contribution in [2.75, 3.05) is 19.6 Å². The molecule has 1 aliphatic heterocycles. The molecule has 1 fully saturated rings. The SMILES string of the molecule is CC1CNCCN1S(=O)(=O)c1ccc2c(c1)n(C)c(=O)n2C. The van der Waals surface area contributed by atoms with Crippen LogP contribution in [0.2, 0.25) is 0 Å². The van der Waals surface area contributed by atoms with Crippen LogP contribution in [-0.2, 0) is 24.1 Å². The number of aryl methyl sites for hydroxylation is 2. The lowest BCUT2D eigenvalue weighted by molar-refractivity contribution is 0.284. The molecule has 8 heteroatoms. The number of sulfonamides is 1. The van der Waals surface area contributed by atoms with E-state index in [1.54, 1.807) is 32.3 Å². The average molecular weight is 324 g/mol. The Hall–Kier alpha value is -1.64. The van der Waals surface area contributed by atoms with Crippen LogP contribution >= 0.6 is 0 Å². The lowest BCUT2D eigenvalue weighted by Gasteiger charge is -2.32. The number of rotatable bonds is 2. The molecular weight excluding hydrogens is 304 g/mol. The van der Waals surface area contributed by atoms with Gasteiger partial charge in [0.25, 0.3) is 0 Å². The van der Waals surface area contributed by atoms with Gasteiger partial charge in [0.05, 0.1) is 15.9 Å². The molecule has 0 amide bonds. The largest absolute Gasteiger partial charge is 0.328 e. The zero-order chi connectivity index (χ0) is 16.1. The molecule has 1 atom stereocenters. The molecule has 0 bridgehead atoms. The van der Waals surface area contributed by atoms with Gasteiger partial charge in [0.2, 0.25) is 10.0 Å². The van der Waals surface area contributed by atoms with Gasteiger partial charge in [0.1, 0.15) is 0 Å². The molecule has 7 nitrogen and oxygen atoms in total. The Labute approximate surface area is 129 Å². The van der Waals surface area contributed by atoms with Gasteiger partial charge in [0.15, 0.2) is 0 Å². The lowest BCUT2D eigenvalue weighted by atomic mass is 10.3. The molecule has 1 aromatic carbocycles. The summed E-state index contributed by atoms with van der Waals surface area (Å²) < 4.78 is 30.2. The van der Waals surface area contributed by atoms with Crippen LogP contribution in [0.1, 0.15) is 6.92 Å². The number of nitrogens with one attached hydrogen (secondary N) is 1. The monoisotopic (exact) mass is 324 g/mol. The number of fused-ring (bicyclic) bond motifs is 1. The Balaban J connectivity index is 2.13. The van der Waals surface area contributed by atoms with Crippen LogP contribution in [0, 0.1) is 0 Å². The number of hydrogen-bond donors (Lipinski definition) is 1. The topological polar surface area (TPSA) is 76.3 Å². The van der Waals surface area contributed by atoms with Crippen LogP contribution in [0.5, 0.6) is 0 Å². The highest BCUT2D eigenvalue weighted by atomic mass is 32.2. The molecule has 1 aliphatic rings. The van der Waals surface area contributed by atoms with Crippen molar-refractivity contribution in [3.8, 4) is 0 Å². The first kappa shape index (κ1) is 15.3. The van der Waals surface area contributed by atoms with Crippen molar-refractivity contribution in [2.24, 2.45) is 14.1 Å². The number of imidazole rings is 1. The van der Waals surface area contributed by atoms with E-state index in [-0.39, 0.29) is 16.6 Å². The predicted octanol–water partition coefficient (Wildman–Crippen LogP) is -0.141. The predicted molar refractivity (Wildman–Crippen MR) is 84.4 cm³/mol. The third-order valence-electron chi connectivity index (χ3n) is 4.29.